The molecule has 32 heavy (non-hydrogen) atoms. The van der Waals surface area contributed by atoms with Crippen molar-refractivity contribution in [1.82, 2.24) is 35.2 Å². The van der Waals surface area contributed by atoms with Crippen molar-refractivity contribution in [2.24, 2.45) is 0 Å². The Hall–Kier alpha value is -4.07. The van der Waals surface area contributed by atoms with Crippen LogP contribution in [-0.4, -0.2) is 42.2 Å². The molecule has 0 bridgehead atoms. The van der Waals surface area contributed by atoms with Crippen LogP contribution < -0.4 is 5.32 Å². The van der Waals surface area contributed by atoms with Gasteiger partial charge in [-0.3, -0.25) is 0 Å². The minimum Gasteiger partial charge on any atom is -0.373 e. The molecule has 0 saturated heterocycles. The van der Waals surface area contributed by atoms with Crippen molar-refractivity contribution >= 4 is 17.0 Å². The Kier molecular flexibility index (Phi) is 5.10. The number of tetrazole rings is 1. The Morgan fingerprint density at radius 2 is 1.78 bits per heavy atom. The number of hydrogen-bond donors (Lipinski definition) is 2. The van der Waals surface area contributed by atoms with Crippen molar-refractivity contribution in [2.45, 2.75) is 26.8 Å². The number of fused-ring (bicyclic) bond motifs is 1. The molecule has 0 unspecified atom stereocenters. The molecule has 5 aromatic rings. The third-order valence-corrected chi connectivity index (χ3v) is 5.66. The Bertz CT molecular complexity index is 1370. The van der Waals surface area contributed by atoms with Crippen molar-refractivity contribution in [3.05, 3.63) is 71.5 Å². The molecule has 3 aromatic heterocycles. The van der Waals surface area contributed by atoms with Gasteiger partial charge < -0.3 is 9.88 Å². The molecule has 3 heterocycles. The van der Waals surface area contributed by atoms with Crippen LogP contribution in [0.4, 0.5) is 5.82 Å². The zero-order valence-corrected chi connectivity index (χ0v) is 18.3. The van der Waals surface area contributed by atoms with Gasteiger partial charge in [0, 0.05) is 19.0 Å². The van der Waals surface area contributed by atoms with Crippen LogP contribution in [0.2, 0.25) is 0 Å². The fourth-order valence-electron chi connectivity index (χ4n) is 4.03. The van der Waals surface area contributed by atoms with Gasteiger partial charge in [0.1, 0.15) is 17.2 Å². The van der Waals surface area contributed by atoms with Gasteiger partial charge in [-0.25, -0.2) is 9.97 Å². The fraction of sp³-hybridized carbons (Fsp3) is 0.208. The highest BCUT2D eigenvalue weighted by Gasteiger charge is 2.15. The number of hydrogen-bond acceptors (Lipinski definition) is 6. The quantitative estimate of drug-likeness (QED) is 0.423. The van der Waals surface area contributed by atoms with Gasteiger partial charge in [0.2, 0.25) is 5.82 Å². The van der Waals surface area contributed by atoms with Gasteiger partial charge in [-0.05, 0) is 40.5 Å². The molecule has 8 nitrogen and oxygen atoms in total. The summed E-state index contributed by atoms with van der Waals surface area (Å²) in [4.78, 5) is 9.65. The van der Waals surface area contributed by atoms with Crippen LogP contribution in [0, 0.1) is 6.92 Å². The molecular formula is C24H24N8. The number of aryl methyl sites for hydroxylation is 2. The van der Waals surface area contributed by atoms with Gasteiger partial charge in [-0.2, -0.15) is 5.21 Å². The second-order valence-electron chi connectivity index (χ2n) is 7.69. The Labute approximate surface area is 185 Å². The predicted molar refractivity (Wildman–Crippen MR) is 125 cm³/mol. The first-order valence-corrected chi connectivity index (χ1v) is 10.6. The summed E-state index contributed by atoms with van der Waals surface area (Å²) in [5.74, 6) is 2.48. The van der Waals surface area contributed by atoms with Crippen LogP contribution in [0.5, 0.6) is 0 Å². The molecule has 8 heteroatoms. The van der Waals surface area contributed by atoms with E-state index in [-0.39, 0.29) is 0 Å². The lowest BCUT2D eigenvalue weighted by Crippen LogP contribution is -2.06. The van der Waals surface area contributed by atoms with Gasteiger partial charge in [0.05, 0.1) is 6.54 Å². The van der Waals surface area contributed by atoms with E-state index in [0.717, 1.165) is 51.5 Å². The first kappa shape index (κ1) is 19.9. The largest absolute Gasteiger partial charge is 0.373 e. The summed E-state index contributed by atoms with van der Waals surface area (Å²) in [7, 11) is 1.89. The van der Waals surface area contributed by atoms with Gasteiger partial charge in [-0.15, -0.1) is 10.2 Å². The van der Waals surface area contributed by atoms with Crippen LogP contribution in [0.3, 0.4) is 0 Å². The SMILES string of the molecule is CCc1nc2c(C)cc(NC)nc2n1Cc1ccc(-c2ccccc2-c2nn[nH]n2)cc1. The van der Waals surface area contributed by atoms with E-state index in [1.165, 1.54) is 5.56 Å². The van der Waals surface area contributed by atoms with Crippen molar-refractivity contribution in [2.75, 3.05) is 12.4 Å². The number of benzene rings is 2. The molecule has 2 N–H and O–H groups in total. The molecule has 0 aliphatic heterocycles. The second-order valence-corrected chi connectivity index (χ2v) is 7.69. The maximum Gasteiger partial charge on any atom is 0.205 e. The molecule has 0 aliphatic rings. The van der Waals surface area contributed by atoms with Crippen LogP contribution in [0.15, 0.2) is 54.6 Å². The molecule has 0 amide bonds. The minimum atomic E-state index is 0.587. The first-order valence-electron chi connectivity index (χ1n) is 10.6. The molecule has 0 spiro atoms. The van der Waals surface area contributed by atoms with Crippen LogP contribution in [0.1, 0.15) is 23.9 Å². The van der Waals surface area contributed by atoms with Crippen LogP contribution in [0.25, 0.3) is 33.7 Å². The summed E-state index contributed by atoms with van der Waals surface area (Å²) in [5, 5.41) is 17.7. The number of aromatic nitrogens is 7. The molecule has 5 rings (SSSR count). The smallest absolute Gasteiger partial charge is 0.205 e. The van der Waals surface area contributed by atoms with Crippen LogP contribution in [-0.2, 0) is 13.0 Å². The summed E-state index contributed by atoms with van der Waals surface area (Å²) in [5.41, 5.74) is 7.31. The molecular weight excluding hydrogens is 400 g/mol. The zero-order chi connectivity index (χ0) is 22.1. The summed E-state index contributed by atoms with van der Waals surface area (Å²) >= 11 is 0. The van der Waals surface area contributed by atoms with Crippen molar-refractivity contribution in [3.63, 3.8) is 0 Å². The average molecular weight is 425 g/mol. The van der Waals surface area contributed by atoms with E-state index in [4.69, 9.17) is 9.97 Å². The highest BCUT2D eigenvalue weighted by Crippen LogP contribution is 2.30. The number of nitrogens with one attached hydrogen (secondary N) is 2. The fourth-order valence-corrected chi connectivity index (χ4v) is 4.03. The van der Waals surface area contributed by atoms with E-state index in [1.807, 2.05) is 31.3 Å². The number of pyridine rings is 1. The normalized spacial score (nSPS) is 11.2. The summed E-state index contributed by atoms with van der Waals surface area (Å²) in [6, 6.07) is 18.7. The Morgan fingerprint density at radius 3 is 2.47 bits per heavy atom. The van der Waals surface area contributed by atoms with Gasteiger partial charge >= 0.3 is 0 Å². The average Bonchev–Trinajstić information content (AvgIpc) is 3.48. The lowest BCUT2D eigenvalue weighted by molar-refractivity contribution is 0.746. The van der Waals surface area contributed by atoms with E-state index in [0.29, 0.717) is 12.4 Å². The lowest BCUT2D eigenvalue weighted by atomic mass is 9.98. The topological polar surface area (TPSA) is 97.2 Å². The summed E-state index contributed by atoms with van der Waals surface area (Å²) in [6.45, 7) is 4.92. The third-order valence-electron chi connectivity index (χ3n) is 5.66. The highest BCUT2D eigenvalue weighted by atomic mass is 15.5. The number of nitrogens with zero attached hydrogens (tertiary/aromatic N) is 6. The van der Waals surface area contributed by atoms with Crippen molar-refractivity contribution < 1.29 is 0 Å². The number of anilines is 1. The maximum absolute atomic E-state index is 4.86. The van der Waals surface area contributed by atoms with Crippen molar-refractivity contribution in [1.29, 1.82) is 0 Å². The molecule has 0 aliphatic carbocycles. The van der Waals surface area contributed by atoms with E-state index in [9.17, 15) is 0 Å². The Morgan fingerprint density at radius 1 is 1.00 bits per heavy atom. The molecule has 2 aromatic carbocycles. The zero-order valence-electron chi connectivity index (χ0n) is 18.3. The molecule has 0 fully saturated rings. The van der Waals surface area contributed by atoms with Crippen LogP contribution >= 0.6 is 0 Å². The van der Waals surface area contributed by atoms with E-state index < -0.39 is 0 Å². The second kappa shape index (κ2) is 8.22. The van der Waals surface area contributed by atoms with E-state index in [2.05, 4.69) is 74.7 Å². The number of rotatable bonds is 6. The number of imidazole rings is 1. The Balaban J connectivity index is 1.51. The monoisotopic (exact) mass is 424 g/mol. The minimum absolute atomic E-state index is 0.587. The van der Waals surface area contributed by atoms with Crippen molar-refractivity contribution in [3.8, 4) is 22.5 Å². The van der Waals surface area contributed by atoms with Gasteiger partial charge in [0.15, 0.2) is 5.65 Å². The first-order chi connectivity index (χ1) is 15.7. The number of aromatic amines is 1. The predicted octanol–water partition coefficient (Wildman–Crippen LogP) is 4.24. The van der Waals surface area contributed by atoms with Gasteiger partial charge in [-0.1, -0.05) is 55.5 Å². The van der Waals surface area contributed by atoms with Gasteiger partial charge in [0.25, 0.3) is 0 Å². The maximum atomic E-state index is 4.86. The third kappa shape index (κ3) is 3.49. The molecule has 160 valence electrons. The van der Waals surface area contributed by atoms with E-state index in [1.54, 1.807) is 0 Å². The molecule has 0 saturated carbocycles. The highest BCUT2D eigenvalue weighted by molar-refractivity contribution is 5.80. The summed E-state index contributed by atoms with van der Waals surface area (Å²) in [6.07, 6.45) is 0.848. The molecule has 0 atom stereocenters. The summed E-state index contributed by atoms with van der Waals surface area (Å²) < 4.78 is 2.21. The molecule has 0 radical (unpaired) electrons. The lowest BCUT2D eigenvalue weighted by Gasteiger charge is -2.11. The van der Waals surface area contributed by atoms with E-state index >= 15 is 0 Å². The number of H-pyrrole nitrogens is 1. The standard InChI is InChI=1S/C24H24N8/c1-4-21-27-22-15(2)13-20(25-3)26-24(22)32(21)14-16-9-11-17(12-10-16)18-7-5-6-8-19(18)23-28-30-31-29-23/h5-13H,4,14H2,1-3H3,(H,25,26)(H,28,29,30,31).